The van der Waals surface area contributed by atoms with Gasteiger partial charge < -0.3 is 15.5 Å². The summed E-state index contributed by atoms with van der Waals surface area (Å²) in [6, 6.07) is 6.64. The third-order valence-corrected chi connectivity index (χ3v) is 5.67. The Kier molecular flexibility index (Phi) is 6.26. The van der Waals surface area contributed by atoms with Gasteiger partial charge in [0, 0.05) is 0 Å². The van der Waals surface area contributed by atoms with Crippen LogP contribution in [0.4, 0.5) is 13.2 Å². The molecule has 0 heterocycles. The largest absolute Gasteiger partial charge is 0.423 e. The van der Waals surface area contributed by atoms with Gasteiger partial charge in [-0.05, 0) is 36.2 Å². The molecule has 4 nitrogen and oxygen atoms in total. The Bertz CT molecular complexity index is 650. The molecule has 0 bridgehead atoms. The highest BCUT2D eigenvalue weighted by Gasteiger charge is 2.56. The van der Waals surface area contributed by atoms with E-state index in [1.165, 1.54) is 18.2 Å². The van der Waals surface area contributed by atoms with Crippen molar-refractivity contribution in [3.8, 4) is 0 Å². The van der Waals surface area contributed by atoms with E-state index in [2.05, 4.69) is 5.32 Å². The molecule has 1 aliphatic rings. The lowest BCUT2D eigenvalue weighted by Crippen LogP contribution is -2.59. The van der Waals surface area contributed by atoms with Gasteiger partial charge in [0.25, 0.3) is 5.91 Å². The van der Waals surface area contributed by atoms with Crippen LogP contribution in [0.2, 0.25) is 0 Å². The van der Waals surface area contributed by atoms with E-state index in [0.717, 1.165) is 18.6 Å². The summed E-state index contributed by atoms with van der Waals surface area (Å²) in [4.78, 5) is 12.7. The molecule has 1 fully saturated rings. The quantitative estimate of drug-likeness (QED) is 0.726. The average Bonchev–Trinajstić information content (AvgIpc) is 2.58. The van der Waals surface area contributed by atoms with E-state index in [1.54, 1.807) is 0 Å². The van der Waals surface area contributed by atoms with Crippen LogP contribution in [0.3, 0.4) is 0 Å². The van der Waals surface area contributed by atoms with Gasteiger partial charge in [-0.15, -0.1) is 0 Å². The summed E-state index contributed by atoms with van der Waals surface area (Å²) in [5, 5.41) is 23.6. The van der Waals surface area contributed by atoms with Crippen LogP contribution in [0, 0.1) is 17.8 Å². The van der Waals surface area contributed by atoms with E-state index in [1.807, 2.05) is 20.8 Å². The molecule has 1 amide bonds. The Morgan fingerprint density at radius 1 is 1.26 bits per heavy atom. The molecule has 1 unspecified atom stereocenters. The van der Waals surface area contributed by atoms with Gasteiger partial charge in [-0.2, -0.15) is 13.2 Å². The second-order valence-electron chi connectivity index (χ2n) is 8.07. The Balaban J connectivity index is 2.25. The predicted octanol–water partition coefficient (Wildman–Crippen LogP) is 3.38. The van der Waals surface area contributed by atoms with E-state index in [-0.39, 0.29) is 29.7 Å². The lowest BCUT2D eigenvalue weighted by atomic mass is 9.66. The maximum Gasteiger partial charge on any atom is 0.423 e. The number of aliphatic hydroxyl groups is 2. The predicted molar refractivity (Wildman–Crippen MR) is 95.7 cm³/mol. The number of hydrogen-bond donors (Lipinski definition) is 3. The van der Waals surface area contributed by atoms with Gasteiger partial charge in [-0.1, -0.05) is 57.5 Å². The van der Waals surface area contributed by atoms with Crippen molar-refractivity contribution in [3.05, 3.63) is 35.9 Å². The molecule has 0 radical (unpaired) electrons. The Hall–Kier alpha value is -1.60. The van der Waals surface area contributed by atoms with E-state index >= 15 is 0 Å². The van der Waals surface area contributed by atoms with E-state index in [9.17, 15) is 28.2 Å². The fourth-order valence-electron chi connectivity index (χ4n) is 4.07. The Morgan fingerprint density at radius 3 is 2.37 bits per heavy atom. The molecule has 2 rings (SSSR count). The smallest absolute Gasteiger partial charge is 0.380 e. The number of amides is 1. The summed E-state index contributed by atoms with van der Waals surface area (Å²) in [5.74, 6) is -1.11. The molecule has 0 saturated heterocycles. The number of carbonyl (C=O) groups is 1. The molecule has 4 atom stereocenters. The van der Waals surface area contributed by atoms with Gasteiger partial charge in [0.05, 0.1) is 6.54 Å². The number of nitrogens with one attached hydrogen (secondary N) is 1. The SMILES string of the molecule is CC(C)[C@@H]1CC[C@@H](C)C[C@@]1(O)C(=O)NCC(O)(c1ccccc1)C(F)(F)F. The van der Waals surface area contributed by atoms with Crippen molar-refractivity contribution in [2.45, 2.75) is 57.4 Å². The van der Waals surface area contributed by atoms with Crippen LogP contribution in [0.1, 0.15) is 45.6 Å². The Morgan fingerprint density at radius 2 is 1.85 bits per heavy atom. The molecule has 1 aromatic carbocycles. The molecule has 0 aliphatic heterocycles. The highest BCUT2D eigenvalue weighted by Crippen LogP contribution is 2.42. The van der Waals surface area contributed by atoms with E-state index in [4.69, 9.17) is 0 Å². The maximum atomic E-state index is 13.6. The Labute approximate surface area is 157 Å². The summed E-state index contributed by atoms with van der Waals surface area (Å²) < 4.78 is 40.7. The average molecular weight is 387 g/mol. The topological polar surface area (TPSA) is 69.6 Å². The van der Waals surface area contributed by atoms with Crippen molar-refractivity contribution < 1.29 is 28.2 Å². The van der Waals surface area contributed by atoms with Crippen molar-refractivity contribution in [2.24, 2.45) is 17.8 Å². The molecule has 27 heavy (non-hydrogen) atoms. The molecule has 7 heteroatoms. The molecule has 3 N–H and O–H groups in total. The fraction of sp³-hybridized carbons (Fsp3) is 0.650. The zero-order chi connectivity index (χ0) is 20.5. The van der Waals surface area contributed by atoms with Gasteiger partial charge in [0.2, 0.25) is 5.60 Å². The van der Waals surface area contributed by atoms with Crippen molar-refractivity contribution in [3.63, 3.8) is 0 Å². The van der Waals surface area contributed by atoms with Crippen LogP contribution in [-0.4, -0.2) is 34.4 Å². The van der Waals surface area contributed by atoms with Crippen LogP contribution >= 0.6 is 0 Å². The number of carbonyl (C=O) groups excluding carboxylic acids is 1. The first kappa shape index (κ1) is 21.7. The van der Waals surface area contributed by atoms with Gasteiger partial charge in [0.1, 0.15) is 5.60 Å². The van der Waals surface area contributed by atoms with Crippen molar-refractivity contribution in [1.29, 1.82) is 0 Å². The third kappa shape index (κ3) is 4.29. The van der Waals surface area contributed by atoms with Crippen LogP contribution in [0.5, 0.6) is 0 Å². The molecular formula is C20H28F3NO3. The normalized spacial score (nSPS) is 28.6. The van der Waals surface area contributed by atoms with E-state index < -0.39 is 29.8 Å². The van der Waals surface area contributed by atoms with E-state index in [0.29, 0.717) is 6.42 Å². The van der Waals surface area contributed by atoms with Crippen LogP contribution in [0.25, 0.3) is 0 Å². The first-order valence-electron chi connectivity index (χ1n) is 9.27. The first-order valence-corrected chi connectivity index (χ1v) is 9.27. The molecule has 0 spiro atoms. The van der Waals surface area contributed by atoms with Gasteiger partial charge in [0.15, 0.2) is 0 Å². The standard InChI is InChI=1S/C20H28F3NO3/c1-13(2)16-10-9-14(3)11-18(16,26)17(25)24-12-19(27,20(21,22)23)15-7-5-4-6-8-15/h4-8,13-14,16,26-27H,9-12H2,1-3H3,(H,24,25)/t14-,16+,18+,19?/m1/s1. The van der Waals surface area contributed by atoms with Gasteiger partial charge >= 0.3 is 6.18 Å². The zero-order valence-electron chi connectivity index (χ0n) is 15.9. The minimum atomic E-state index is -4.98. The minimum absolute atomic E-state index is 0.00359. The number of benzene rings is 1. The lowest BCUT2D eigenvalue weighted by molar-refractivity contribution is -0.264. The third-order valence-electron chi connectivity index (χ3n) is 5.67. The summed E-state index contributed by atoms with van der Waals surface area (Å²) in [7, 11) is 0. The van der Waals surface area contributed by atoms with Crippen molar-refractivity contribution in [1.82, 2.24) is 5.32 Å². The first-order chi connectivity index (χ1) is 12.4. The zero-order valence-corrected chi connectivity index (χ0v) is 15.9. The highest BCUT2D eigenvalue weighted by molar-refractivity contribution is 5.85. The molecule has 1 aliphatic carbocycles. The van der Waals surface area contributed by atoms with Crippen LogP contribution in [0.15, 0.2) is 30.3 Å². The van der Waals surface area contributed by atoms with Crippen molar-refractivity contribution >= 4 is 5.91 Å². The summed E-state index contributed by atoms with van der Waals surface area (Å²) in [5.41, 5.74) is -5.33. The van der Waals surface area contributed by atoms with Crippen LogP contribution < -0.4 is 5.32 Å². The summed E-state index contributed by atoms with van der Waals surface area (Å²) in [6.07, 6.45) is -3.31. The minimum Gasteiger partial charge on any atom is -0.380 e. The number of hydrogen-bond acceptors (Lipinski definition) is 3. The number of halogens is 3. The molecule has 1 aromatic rings. The monoisotopic (exact) mass is 387 g/mol. The van der Waals surface area contributed by atoms with Gasteiger partial charge in [-0.25, -0.2) is 0 Å². The molecule has 152 valence electrons. The van der Waals surface area contributed by atoms with Crippen LogP contribution in [-0.2, 0) is 10.4 Å². The second-order valence-corrected chi connectivity index (χ2v) is 8.07. The summed E-state index contributed by atoms with van der Waals surface area (Å²) in [6.45, 7) is 4.62. The molecular weight excluding hydrogens is 359 g/mol. The summed E-state index contributed by atoms with van der Waals surface area (Å²) >= 11 is 0. The molecule has 0 aromatic heterocycles. The molecule has 1 saturated carbocycles. The van der Waals surface area contributed by atoms with Gasteiger partial charge in [-0.3, -0.25) is 4.79 Å². The number of alkyl halides is 3. The van der Waals surface area contributed by atoms with Crippen molar-refractivity contribution in [2.75, 3.05) is 6.54 Å². The lowest BCUT2D eigenvalue weighted by Gasteiger charge is -2.43. The highest BCUT2D eigenvalue weighted by atomic mass is 19.4. The maximum absolute atomic E-state index is 13.6. The second kappa shape index (κ2) is 7.80. The number of rotatable bonds is 5. The fourth-order valence-corrected chi connectivity index (χ4v) is 4.07.